The van der Waals surface area contributed by atoms with Crippen molar-refractivity contribution in [2.75, 3.05) is 31.6 Å². The van der Waals surface area contributed by atoms with Crippen LogP contribution in [0.5, 0.6) is 11.5 Å². The topological polar surface area (TPSA) is 105 Å². The molecule has 0 saturated carbocycles. The average Bonchev–Trinajstić information content (AvgIpc) is 3.08. The summed E-state index contributed by atoms with van der Waals surface area (Å²) in [5.41, 5.74) is 1.82. The van der Waals surface area contributed by atoms with Crippen molar-refractivity contribution < 1.29 is 27.5 Å². The van der Waals surface area contributed by atoms with Gasteiger partial charge in [0.25, 0.3) is 10.0 Å². The maximum Gasteiger partial charge on any atom is 0.264 e. The number of ether oxygens (including phenoxy) is 2. The maximum atomic E-state index is 14.6. The molecule has 2 amide bonds. The molecular formula is C36H39BrClN3O6S. The predicted octanol–water partition coefficient (Wildman–Crippen LogP) is 6.73. The second-order valence-corrected chi connectivity index (χ2v) is 14.7. The van der Waals surface area contributed by atoms with Crippen LogP contribution in [0.4, 0.5) is 5.69 Å². The summed E-state index contributed by atoms with van der Waals surface area (Å²) in [5.74, 6) is -0.178. The SMILES string of the molecule is COc1ccc(S(=O)(=O)N(CC(=O)N(Cc2cccc(Br)c2)[C@H](Cc2ccccc2)C(=O)NCC(C)C)c2ccc(Cl)cc2)cc1OC. The van der Waals surface area contributed by atoms with Gasteiger partial charge in [0.1, 0.15) is 12.6 Å². The van der Waals surface area contributed by atoms with Crippen molar-refractivity contribution in [1.29, 1.82) is 0 Å². The minimum Gasteiger partial charge on any atom is -0.493 e. The molecule has 12 heteroatoms. The first-order valence-electron chi connectivity index (χ1n) is 15.3. The van der Waals surface area contributed by atoms with Gasteiger partial charge in [-0.15, -0.1) is 0 Å². The standard InChI is InChI=1S/C36H39BrClN3O6S/c1-25(2)22-39-36(43)32(20-26-9-6-5-7-10-26)40(23-27-11-8-12-28(37)19-27)35(42)24-41(30-15-13-29(38)14-16-30)48(44,45)31-17-18-33(46-3)34(21-31)47-4/h5-19,21,25,32H,20,22-24H2,1-4H3,(H,39,43)/t32-/m1/s1. The van der Waals surface area contributed by atoms with E-state index in [9.17, 15) is 18.0 Å². The second-order valence-electron chi connectivity index (χ2n) is 11.5. The van der Waals surface area contributed by atoms with Crippen LogP contribution in [0.25, 0.3) is 0 Å². The third-order valence-electron chi connectivity index (χ3n) is 7.53. The zero-order valence-electron chi connectivity index (χ0n) is 27.2. The van der Waals surface area contributed by atoms with Crippen molar-refractivity contribution >= 4 is 55.1 Å². The van der Waals surface area contributed by atoms with E-state index in [1.165, 1.54) is 49.5 Å². The molecule has 48 heavy (non-hydrogen) atoms. The number of methoxy groups -OCH3 is 2. The number of sulfonamides is 1. The fraction of sp³-hybridized carbons (Fsp3) is 0.278. The molecule has 0 radical (unpaired) electrons. The molecular weight excluding hydrogens is 718 g/mol. The lowest BCUT2D eigenvalue weighted by Gasteiger charge is -2.34. The summed E-state index contributed by atoms with van der Waals surface area (Å²) in [5, 5.41) is 3.39. The number of benzene rings is 4. The van der Waals surface area contributed by atoms with Gasteiger partial charge in [-0.05, 0) is 65.6 Å². The van der Waals surface area contributed by atoms with E-state index in [1.54, 1.807) is 12.1 Å². The van der Waals surface area contributed by atoms with E-state index in [1.807, 2.05) is 68.4 Å². The summed E-state index contributed by atoms with van der Waals surface area (Å²) in [4.78, 5) is 29.9. The highest BCUT2D eigenvalue weighted by Crippen LogP contribution is 2.33. The highest BCUT2D eigenvalue weighted by atomic mass is 79.9. The second kappa shape index (κ2) is 16.9. The number of hydrogen-bond donors (Lipinski definition) is 1. The molecule has 4 aromatic rings. The molecule has 0 aliphatic rings. The first kappa shape index (κ1) is 36.8. The van der Waals surface area contributed by atoms with Crippen LogP contribution >= 0.6 is 27.5 Å². The molecule has 1 N–H and O–H groups in total. The van der Waals surface area contributed by atoms with Gasteiger partial charge in [-0.1, -0.05) is 83.8 Å². The maximum absolute atomic E-state index is 14.6. The van der Waals surface area contributed by atoms with Crippen molar-refractivity contribution in [2.24, 2.45) is 5.92 Å². The summed E-state index contributed by atoms with van der Waals surface area (Å²) < 4.78 is 41.2. The Morgan fingerprint density at radius 3 is 2.15 bits per heavy atom. The lowest BCUT2D eigenvalue weighted by atomic mass is 10.0. The Morgan fingerprint density at radius 1 is 0.854 bits per heavy atom. The Kier molecular flexibility index (Phi) is 12.9. The highest BCUT2D eigenvalue weighted by molar-refractivity contribution is 9.10. The first-order chi connectivity index (χ1) is 22.9. The molecule has 254 valence electrons. The Balaban J connectivity index is 1.82. The number of nitrogens with zero attached hydrogens (tertiary/aromatic N) is 2. The Bertz CT molecular complexity index is 1810. The molecule has 0 fully saturated rings. The van der Waals surface area contributed by atoms with Gasteiger partial charge in [-0.2, -0.15) is 0 Å². The molecule has 9 nitrogen and oxygen atoms in total. The van der Waals surface area contributed by atoms with Gasteiger partial charge in [-0.25, -0.2) is 8.42 Å². The van der Waals surface area contributed by atoms with Gasteiger partial charge < -0.3 is 19.7 Å². The molecule has 0 bridgehead atoms. The van der Waals surface area contributed by atoms with Crippen molar-refractivity contribution in [3.63, 3.8) is 0 Å². The number of amides is 2. The molecule has 0 heterocycles. The van der Waals surface area contributed by atoms with Gasteiger partial charge in [0.2, 0.25) is 11.8 Å². The Hall–Kier alpha value is -4.06. The molecule has 4 aromatic carbocycles. The van der Waals surface area contributed by atoms with Gasteiger partial charge in [-0.3, -0.25) is 13.9 Å². The Morgan fingerprint density at radius 2 is 1.52 bits per heavy atom. The number of carbonyl (C=O) groups excluding carboxylic acids is 2. The summed E-state index contributed by atoms with van der Waals surface area (Å²) in [7, 11) is -1.50. The molecule has 0 unspecified atom stereocenters. The van der Waals surface area contributed by atoms with Crippen LogP contribution in [0.2, 0.25) is 5.02 Å². The number of halogens is 2. The zero-order valence-corrected chi connectivity index (χ0v) is 30.4. The molecule has 1 atom stereocenters. The third-order valence-corrected chi connectivity index (χ3v) is 10.0. The molecule has 4 rings (SSSR count). The van der Waals surface area contributed by atoms with Crippen molar-refractivity contribution in [2.45, 2.75) is 37.8 Å². The lowest BCUT2D eigenvalue weighted by molar-refractivity contribution is -0.140. The number of rotatable bonds is 15. The van der Waals surface area contributed by atoms with E-state index in [-0.39, 0.29) is 41.1 Å². The van der Waals surface area contributed by atoms with E-state index in [0.29, 0.717) is 17.3 Å². The van der Waals surface area contributed by atoms with E-state index in [2.05, 4.69) is 21.2 Å². The van der Waals surface area contributed by atoms with Gasteiger partial charge in [0.05, 0.1) is 24.8 Å². The highest BCUT2D eigenvalue weighted by Gasteiger charge is 2.35. The summed E-state index contributed by atoms with van der Waals surface area (Å²) in [6.07, 6.45) is 0.216. The average molecular weight is 757 g/mol. The minimum atomic E-state index is -4.36. The van der Waals surface area contributed by atoms with Crippen LogP contribution in [0, 0.1) is 5.92 Å². The van der Waals surface area contributed by atoms with Crippen molar-refractivity contribution in [3.8, 4) is 11.5 Å². The molecule has 0 aromatic heterocycles. The van der Waals surface area contributed by atoms with Crippen molar-refractivity contribution in [1.82, 2.24) is 10.2 Å². The van der Waals surface area contributed by atoms with E-state index in [0.717, 1.165) is 19.9 Å². The van der Waals surface area contributed by atoms with Crippen LogP contribution < -0.4 is 19.1 Å². The first-order valence-corrected chi connectivity index (χ1v) is 17.9. The number of hydrogen-bond acceptors (Lipinski definition) is 6. The number of anilines is 1. The van der Waals surface area contributed by atoms with Gasteiger partial charge >= 0.3 is 0 Å². The smallest absolute Gasteiger partial charge is 0.264 e. The minimum absolute atomic E-state index is 0.0513. The van der Waals surface area contributed by atoms with Crippen LogP contribution in [0.3, 0.4) is 0 Å². The number of carbonyl (C=O) groups is 2. The van der Waals surface area contributed by atoms with Crippen molar-refractivity contribution in [3.05, 3.63) is 118 Å². The summed E-state index contributed by atoms with van der Waals surface area (Å²) in [6, 6.07) is 26.3. The van der Waals surface area contributed by atoms with Crippen LogP contribution in [0.15, 0.2) is 106 Å². The summed E-state index contributed by atoms with van der Waals surface area (Å²) in [6.45, 7) is 3.83. The number of nitrogens with one attached hydrogen (secondary N) is 1. The third kappa shape index (κ3) is 9.52. The molecule has 0 aliphatic heterocycles. The largest absolute Gasteiger partial charge is 0.493 e. The lowest BCUT2D eigenvalue weighted by Crippen LogP contribution is -2.53. The fourth-order valence-electron chi connectivity index (χ4n) is 5.05. The van der Waals surface area contributed by atoms with Crippen LogP contribution in [0.1, 0.15) is 25.0 Å². The van der Waals surface area contributed by atoms with E-state index < -0.39 is 28.5 Å². The van der Waals surface area contributed by atoms with Crippen LogP contribution in [-0.2, 0) is 32.6 Å². The van der Waals surface area contributed by atoms with Crippen LogP contribution in [-0.4, -0.2) is 58.5 Å². The van der Waals surface area contributed by atoms with E-state index >= 15 is 0 Å². The zero-order chi connectivity index (χ0) is 34.8. The molecule has 0 saturated heterocycles. The molecule has 0 aliphatic carbocycles. The predicted molar refractivity (Wildman–Crippen MR) is 192 cm³/mol. The monoisotopic (exact) mass is 755 g/mol. The quantitative estimate of drug-likeness (QED) is 0.144. The summed E-state index contributed by atoms with van der Waals surface area (Å²) >= 11 is 9.66. The normalized spacial score (nSPS) is 11.9. The van der Waals surface area contributed by atoms with Gasteiger partial charge in [0, 0.05) is 35.1 Å². The van der Waals surface area contributed by atoms with E-state index in [4.69, 9.17) is 21.1 Å². The molecule has 0 spiro atoms. The van der Waals surface area contributed by atoms with Gasteiger partial charge in [0.15, 0.2) is 11.5 Å². The fourth-order valence-corrected chi connectivity index (χ4v) is 7.05. The Labute approximate surface area is 296 Å².